The van der Waals surface area contributed by atoms with Crippen LogP contribution in [0.3, 0.4) is 0 Å². The topological polar surface area (TPSA) is 79.8 Å². The van der Waals surface area contributed by atoms with Gasteiger partial charge in [-0.25, -0.2) is 4.98 Å². The molecule has 3 aromatic rings. The first kappa shape index (κ1) is 16.2. The molecule has 8 heteroatoms. The fourth-order valence-electron chi connectivity index (χ4n) is 2.71. The van der Waals surface area contributed by atoms with Crippen LogP contribution in [0.2, 0.25) is 0 Å². The summed E-state index contributed by atoms with van der Waals surface area (Å²) in [5.41, 5.74) is 1.58. The average Bonchev–Trinajstić information content (AvgIpc) is 3.35. The minimum Gasteiger partial charge on any atom is -0.332 e. The van der Waals surface area contributed by atoms with Gasteiger partial charge in [-0.1, -0.05) is 12.1 Å². The molecule has 1 amide bonds. The van der Waals surface area contributed by atoms with Crippen LogP contribution in [0.25, 0.3) is 10.9 Å². The monoisotopic (exact) mass is 372 g/mol. The molecule has 6 nitrogen and oxygen atoms in total. The average molecular weight is 372 g/mol. The lowest BCUT2D eigenvalue weighted by Crippen LogP contribution is -2.25. The smallest absolute Gasteiger partial charge is 0.262 e. The zero-order chi connectivity index (χ0) is 17.4. The summed E-state index contributed by atoms with van der Waals surface area (Å²) in [5.74, 6) is 0.391. The normalized spacial score (nSPS) is 13.9. The first-order valence-electron chi connectivity index (χ1n) is 8.09. The standard InChI is InChI=1S/C17H16N4O2S2/c22-14(20-16-18-13(9-25-16)10-5-6-10)7-8-21-15(23)11-3-1-2-4-12(11)19-17(21)24/h1-4,9-10H,5-8H2,(H,19,24)(H,18,20,22). The second kappa shape index (κ2) is 6.53. The Morgan fingerprint density at radius 1 is 1.40 bits per heavy atom. The number of hydrogen-bond donors (Lipinski definition) is 2. The van der Waals surface area contributed by atoms with E-state index >= 15 is 0 Å². The number of aromatic nitrogens is 3. The molecule has 2 aromatic heterocycles. The Labute approximate surface area is 152 Å². The predicted octanol–water partition coefficient (Wildman–Crippen LogP) is 3.42. The van der Waals surface area contributed by atoms with Gasteiger partial charge in [-0.15, -0.1) is 11.3 Å². The number of aromatic amines is 1. The third-order valence-electron chi connectivity index (χ3n) is 4.22. The van der Waals surface area contributed by atoms with E-state index in [1.165, 1.54) is 28.7 Å². The van der Waals surface area contributed by atoms with Crippen LogP contribution in [0.1, 0.15) is 30.9 Å². The lowest BCUT2D eigenvalue weighted by atomic mass is 10.2. The highest BCUT2D eigenvalue weighted by Gasteiger charge is 2.26. The molecule has 1 fully saturated rings. The number of hydrogen-bond acceptors (Lipinski definition) is 5. The molecule has 0 aliphatic heterocycles. The van der Waals surface area contributed by atoms with Crippen molar-refractivity contribution in [3.05, 3.63) is 50.5 Å². The minimum atomic E-state index is -0.183. The van der Waals surface area contributed by atoms with E-state index in [9.17, 15) is 9.59 Å². The molecule has 1 aliphatic carbocycles. The Balaban J connectivity index is 1.47. The molecule has 2 N–H and O–H groups in total. The molecule has 0 unspecified atom stereocenters. The number of rotatable bonds is 5. The van der Waals surface area contributed by atoms with Crippen LogP contribution in [-0.4, -0.2) is 20.4 Å². The number of carbonyl (C=O) groups is 1. The number of thiazole rings is 1. The number of H-pyrrole nitrogens is 1. The van der Waals surface area contributed by atoms with E-state index in [0.29, 0.717) is 26.7 Å². The Bertz CT molecular complexity index is 1060. The van der Waals surface area contributed by atoms with Gasteiger partial charge in [-0.2, -0.15) is 0 Å². The van der Waals surface area contributed by atoms with Gasteiger partial charge in [0, 0.05) is 24.3 Å². The second-order valence-corrected chi connectivity index (χ2v) is 7.33. The van der Waals surface area contributed by atoms with Crippen molar-refractivity contribution in [1.82, 2.24) is 14.5 Å². The maximum absolute atomic E-state index is 12.5. The van der Waals surface area contributed by atoms with E-state index in [1.807, 2.05) is 17.5 Å². The van der Waals surface area contributed by atoms with Crippen LogP contribution >= 0.6 is 23.6 Å². The maximum Gasteiger partial charge on any atom is 0.262 e. The maximum atomic E-state index is 12.5. The molecule has 0 atom stereocenters. The van der Waals surface area contributed by atoms with Crippen LogP contribution in [0.4, 0.5) is 5.13 Å². The van der Waals surface area contributed by atoms with Crippen molar-refractivity contribution < 1.29 is 4.79 Å². The van der Waals surface area contributed by atoms with Gasteiger partial charge in [0.15, 0.2) is 9.90 Å². The summed E-state index contributed by atoms with van der Waals surface area (Å²) in [4.78, 5) is 32.2. The van der Waals surface area contributed by atoms with Gasteiger partial charge in [-0.3, -0.25) is 14.2 Å². The van der Waals surface area contributed by atoms with Crippen LogP contribution in [0, 0.1) is 4.77 Å². The molecule has 1 aromatic carbocycles. The number of amides is 1. The molecule has 25 heavy (non-hydrogen) atoms. The molecule has 2 heterocycles. The molecule has 128 valence electrons. The van der Waals surface area contributed by atoms with Crippen molar-refractivity contribution in [2.45, 2.75) is 31.7 Å². The molecular formula is C17H16N4O2S2. The van der Waals surface area contributed by atoms with E-state index < -0.39 is 0 Å². The van der Waals surface area contributed by atoms with Gasteiger partial charge in [0.05, 0.1) is 16.6 Å². The molecule has 0 spiro atoms. The number of nitrogens with one attached hydrogen (secondary N) is 2. The summed E-state index contributed by atoms with van der Waals surface area (Å²) in [6.45, 7) is 0.228. The van der Waals surface area contributed by atoms with Crippen LogP contribution < -0.4 is 10.9 Å². The molecule has 0 bridgehead atoms. The summed E-state index contributed by atoms with van der Waals surface area (Å²) in [7, 11) is 0. The highest BCUT2D eigenvalue weighted by Crippen LogP contribution is 2.40. The van der Waals surface area contributed by atoms with Gasteiger partial charge >= 0.3 is 0 Å². The zero-order valence-electron chi connectivity index (χ0n) is 13.3. The number of carbonyl (C=O) groups excluding carboxylic acids is 1. The van der Waals surface area contributed by atoms with E-state index in [0.717, 1.165) is 5.69 Å². The fraction of sp³-hybridized carbons (Fsp3) is 0.294. The summed E-state index contributed by atoms with van der Waals surface area (Å²) in [5, 5.41) is 5.97. The number of nitrogens with zero attached hydrogens (tertiary/aromatic N) is 2. The van der Waals surface area contributed by atoms with Gasteiger partial charge in [0.25, 0.3) is 5.56 Å². The zero-order valence-corrected chi connectivity index (χ0v) is 15.0. The predicted molar refractivity (Wildman–Crippen MR) is 101 cm³/mol. The van der Waals surface area contributed by atoms with Crippen molar-refractivity contribution in [3.63, 3.8) is 0 Å². The molecule has 0 saturated heterocycles. The van der Waals surface area contributed by atoms with Crippen molar-refractivity contribution in [1.29, 1.82) is 0 Å². The number of para-hydroxylation sites is 1. The van der Waals surface area contributed by atoms with Crippen LogP contribution in [0.15, 0.2) is 34.4 Å². The van der Waals surface area contributed by atoms with E-state index in [4.69, 9.17) is 12.2 Å². The number of benzene rings is 1. The van der Waals surface area contributed by atoms with Gasteiger partial charge in [0.2, 0.25) is 5.91 Å². The van der Waals surface area contributed by atoms with Gasteiger partial charge in [-0.05, 0) is 37.2 Å². The van der Waals surface area contributed by atoms with Crippen molar-refractivity contribution in [3.8, 4) is 0 Å². The Hall–Kier alpha value is -2.32. The first-order chi connectivity index (χ1) is 12.1. The van der Waals surface area contributed by atoms with E-state index in [1.54, 1.807) is 12.1 Å². The van der Waals surface area contributed by atoms with Gasteiger partial charge in [0.1, 0.15) is 0 Å². The SMILES string of the molecule is O=C(CCn1c(=S)[nH]c2ccccc2c1=O)Nc1nc(C2CC2)cs1. The first-order valence-corrected chi connectivity index (χ1v) is 9.38. The molecular weight excluding hydrogens is 356 g/mol. The molecule has 1 aliphatic rings. The summed E-state index contributed by atoms with van der Waals surface area (Å²) >= 11 is 6.69. The molecule has 0 radical (unpaired) electrons. The van der Waals surface area contributed by atoms with Crippen LogP contribution in [-0.2, 0) is 11.3 Å². The second-order valence-electron chi connectivity index (χ2n) is 6.08. The summed E-state index contributed by atoms with van der Waals surface area (Å²) < 4.78 is 1.75. The van der Waals surface area contributed by atoms with E-state index in [2.05, 4.69) is 15.3 Å². The fourth-order valence-corrected chi connectivity index (χ4v) is 3.80. The number of fused-ring (bicyclic) bond motifs is 1. The number of anilines is 1. The third kappa shape index (κ3) is 3.40. The largest absolute Gasteiger partial charge is 0.332 e. The molecule has 4 rings (SSSR count). The summed E-state index contributed by atoms with van der Waals surface area (Å²) in [6.07, 6.45) is 2.52. The summed E-state index contributed by atoms with van der Waals surface area (Å²) in [6, 6.07) is 7.20. The Kier molecular flexibility index (Phi) is 4.22. The minimum absolute atomic E-state index is 0.161. The van der Waals surface area contributed by atoms with Crippen molar-refractivity contribution in [2.24, 2.45) is 0 Å². The highest BCUT2D eigenvalue weighted by molar-refractivity contribution is 7.71. The lowest BCUT2D eigenvalue weighted by Gasteiger charge is -2.07. The lowest BCUT2D eigenvalue weighted by molar-refractivity contribution is -0.116. The van der Waals surface area contributed by atoms with Gasteiger partial charge < -0.3 is 10.3 Å². The van der Waals surface area contributed by atoms with Crippen LogP contribution in [0.5, 0.6) is 0 Å². The van der Waals surface area contributed by atoms with E-state index in [-0.39, 0.29) is 24.4 Å². The van der Waals surface area contributed by atoms with Crippen molar-refractivity contribution >= 4 is 45.5 Å². The highest BCUT2D eigenvalue weighted by atomic mass is 32.1. The molecule has 1 saturated carbocycles. The van der Waals surface area contributed by atoms with Crippen molar-refractivity contribution in [2.75, 3.05) is 5.32 Å². The quantitative estimate of drug-likeness (QED) is 0.673. The Morgan fingerprint density at radius 3 is 3.00 bits per heavy atom. The Morgan fingerprint density at radius 2 is 2.20 bits per heavy atom. The third-order valence-corrected chi connectivity index (χ3v) is 5.31.